The lowest BCUT2D eigenvalue weighted by Gasteiger charge is -2.06. The number of hydrogen-bond donors (Lipinski definition) is 0. The number of hydrogen-bond acceptors (Lipinski definition) is 6. The lowest BCUT2D eigenvalue weighted by molar-refractivity contribution is -0.150. The summed E-state index contributed by atoms with van der Waals surface area (Å²) in [5.74, 6) is 0.907. The molecule has 3 rings (SSSR count). The lowest BCUT2D eigenvalue weighted by Crippen LogP contribution is -2.11. The number of nitrogens with zero attached hydrogens (tertiary/aromatic N) is 1. The van der Waals surface area contributed by atoms with Crippen LogP contribution in [0.15, 0.2) is 47.6 Å². The van der Waals surface area contributed by atoms with Crippen LogP contribution in [0.2, 0.25) is 0 Å². The number of benzene rings is 2. The molecule has 0 aliphatic carbocycles. The molecule has 1 aliphatic heterocycles. The first-order valence-electron chi connectivity index (χ1n) is 7.89. The summed E-state index contributed by atoms with van der Waals surface area (Å²) in [7, 11) is 0. The van der Waals surface area contributed by atoms with Crippen LogP contribution in [0.1, 0.15) is 23.6 Å². The van der Waals surface area contributed by atoms with E-state index in [4.69, 9.17) is 19.0 Å². The van der Waals surface area contributed by atoms with Crippen LogP contribution in [-0.4, -0.2) is 25.1 Å². The summed E-state index contributed by atoms with van der Waals surface area (Å²) in [5, 5.41) is 3.95. The van der Waals surface area contributed by atoms with Crippen LogP contribution in [0.4, 0.5) is 0 Å². The first kappa shape index (κ1) is 16.8. The highest BCUT2D eigenvalue weighted by Crippen LogP contribution is 2.32. The molecule has 0 radical (unpaired) electrons. The monoisotopic (exact) mass is 341 g/mol. The van der Waals surface area contributed by atoms with Crippen LogP contribution < -0.4 is 9.47 Å². The van der Waals surface area contributed by atoms with Gasteiger partial charge < -0.3 is 19.0 Å². The van der Waals surface area contributed by atoms with E-state index >= 15 is 0 Å². The molecule has 25 heavy (non-hydrogen) atoms. The quantitative estimate of drug-likeness (QED) is 0.458. The second kappa shape index (κ2) is 7.70. The maximum atomic E-state index is 11.7. The molecule has 2 aromatic rings. The molecule has 1 heterocycles. The largest absolute Gasteiger partial charge is 0.458 e. The predicted molar refractivity (Wildman–Crippen MR) is 91.7 cm³/mol. The first-order valence-corrected chi connectivity index (χ1v) is 7.89. The van der Waals surface area contributed by atoms with Crippen molar-refractivity contribution >= 4 is 11.7 Å². The van der Waals surface area contributed by atoms with E-state index < -0.39 is 5.97 Å². The second-order valence-electron chi connectivity index (χ2n) is 5.66. The average molecular weight is 341 g/mol. The molecule has 6 heteroatoms. The van der Waals surface area contributed by atoms with Gasteiger partial charge in [0.05, 0.1) is 5.71 Å². The Balaban J connectivity index is 1.47. The molecule has 1 aliphatic rings. The minimum absolute atomic E-state index is 0.216. The number of ether oxygens (including phenoxy) is 3. The van der Waals surface area contributed by atoms with Crippen molar-refractivity contribution in [3.05, 3.63) is 59.2 Å². The zero-order valence-corrected chi connectivity index (χ0v) is 14.2. The van der Waals surface area contributed by atoms with E-state index in [1.165, 1.54) is 0 Å². The molecule has 0 atom stereocenters. The van der Waals surface area contributed by atoms with Crippen molar-refractivity contribution < 1.29 is 23.8 Å². The summed E-state index contributed by atoms with van der Waals surface area (Å²) in [6, 6.07) is 13.3. The Morgan fingerprint density at radius 1 is 1.12 bits per heavy atom. The van der Waals surface area contributed by atoms with Gasteiger partial charge in [-0.2, -0.15) is 0 Å². The predicted octanol–water partition coefficient (Wildman–Crippen LogP) is 3.21. The van der Waals surface area contributed by atoms with E-state index in [-0.39, 0.29) is 20.0 Å². The van der Waals surface area contributed by atoms with Gasteiger partial charge >= 0.3 is 5.97 Å². The molecule has 6 nitrogen and oxygen atoms in total. The zero-order valence-electron chi connectivity index (χ0n) is 14.2. The fourth-order valence-corrected chi connectivity index (χ4v) is 2.25. The van der Waals surface area contributed by atoms with Gasteiger partial charge in [0.2, 0.25) is 13.4 Å². The summed E-state index contributed by atoms with van der Waals surface area (Å²) >= 11 is 0. The number of carbonyl (C=O) groups is 1. The number of aryl methyl sites for hydroxylation is 1. The summed E-state index contributed by atoms with van der Waals surface area (Å²) in [5.41, 5.74) is 3.55. The first-order chi connectivity index (χ1) is 12.1. The van der Waals surface area contributed by atoms with Gasteiger partial charge in [-0.1, -0.05) is 35.0 Å². The molecule has 0 unspecified atom stereocenters. The number of rotatable bonds is 6. The molecule has 0 N–H and O–H groups in total. The van der Waals surface area contributed by atoms with Crippen molar-refractivity contribution in [1.82, 2.24) is 0 Å². The van der Waals surface area contributed by atoms with Gasteiger partial charge in [0, 0.05) is 5.56 Å². The van der Waals surface area contributed by atoms with E-state index in [1.807, 2.05) is 49.4 Å². The van der Waals surface area contributed by atoms with E-state index in [9.17, 15) is 4.79 Å². The van der Waals surface area contributed by atoms with Crippen LogP contribution in [0.5, 0.6) is 11.5 Å². The minimum atomic E-state index is -0.470. The van der Waals surface area contributed by atoms with Gasteiger partial charge in [0.25, 0.3) is 0 Å². The molecule has 0 amide bonds. The van der Waals surface area contributed by atoms with Crippen molar-refractivity contribution in [1.29, 1.82) is 0 Å². The molecular formula is C19H19NO5. The molecule has 2 aromatic carbocycles. The van der Waals surface area contributed by atoms with Gasteiger partial charge in [0.15, 0.2) is 11.5 Å². The van der Waals surface area contributed by atoms with Crippen LogP contribution in [0.3, 0.4) is 0 Å². The Morgan fingerprint density at radius 2 is 1.88 bits per heavy atom. The Kier molecular flexibility index (Phi) is 5.18. The topological polar surface area (TPSA) is 66.4 Å². The molecule has 0 fully saturated rings. The molecule has 0 aromatic heterocycles. The molecule has 0 bridgehead atoms. The molecule has 130 valence electrons. The third kappa shape index (κ3) is 4.50. The fourth-order valence-electron chi connectivity index (χ4n) is 2.25. The van der Waals surface area contributed by atoms with Crippen LogP contribution in [-0.2, 0) is 21.0 Å². The summed E-state index contributed by atoms with van der Waals surface area (Å²) in [6.45, 7) is 3.98. The van der Waals surface area contributed by atoms with Gasteiger partial charge in [-0.3, -0.25) is 0 Å². The van der Waals surface area contributed by atoms with Crippen LogP contribution >= 0.6 is 0 Å². The highest BCUT2D eigenvalue weighted by molar-refractivity contribution is 5.99. The van der Waals surface area contributed by atoms with Crippen molar-refractivity contribution in [2.75, 3.05) is 13.4 Å². The third-order valence-electron chi connectivity index (χ3n) is 3.69. The van der Waals surface area contributed by atoms with E-state index in [0.29, 0.717) is 17.2 Å². The second-order valence-corrected chi connectivity index (χ2v) is 5.66. The minimum Gasteiger partial charge on any atom is -0.458 e. The highest BCUT2D eigenvalue weighted by atomic mass is 16.7. The average Bonchev–Trinajstić information content (AvgIpc) is 3.09. The highest BCUT2D eigenvalue weighted by Gasteiger charge is 2.14. The Morgan fingerprint density at radius 3 is 2.68 bits per heavy atom. The SMILES string of the molecule is C/C(=N/OCC(=O)OCc1ccc(C)cc1)c1ccc2c(c1)OCO2. The van der Waals surface area contributed by atoms with E-state index in [1.54, 1.807) is 6.92 Å². The fraction of sp³-hybridized carbons (Fsp3) is 0.263. The molecule has 0 spiro atoms. The summed E-state index contributed by atoms with van der Waals surface area (Å²) in [6.07, 6.45) is 0. The van der Waals surface area contributed by atoms with Crippen molar-refractivity contribution in [2.45, 2.75) is 20.5 Å². The Hall–Kier alpha value is -3.02. The summed E-state index contributed by atoms with van der Waals surface area (Å²) in [4.78, 5) is 16.8. The lowest BCUT2D eigenvalue weighted by atomic mass is 10.1. The Bertz CT molecular complexity index is 783. The number of fused-ring (bicyclic) bond motifs is 1. The molecule has 0 saturated heterocycles. The van der Waals surface area contributed by atoms with Crippen LogP contribution in [0, 0.1) is 6.92 Å². The van der Waals surface area contributed by atoms with E-state index in [0.717, 1.165) is 16.7 Å². The maximum Gasteiger partial charge on any atom is 0.347 e. The molecular weight excluding hydrogens is 322 g/mol. The van der Waals surface area contributed by atoms with Crippen molar-refractivity contribution in [2.24, 2.45) is 5.16 Å². The number of carbonyl (C=O) groups excluding carboxylic acids is 1. The van der Waals surface area contributed by atoms with Crippen molar-refractivity contribution in [3.63, 3.8) is 0 Å². The number of esters is 1. The van der Waals surface area contributed by atoms with Gasteiger partial charge in [-0.05, 0) is 37.6 Å². The van der Waals surface area contributed by atoms with Crippen molar-refractivity contribution in [3.8, 4) is 11.5 Å². The van der Waals surface area contributed by atoms with Gasteiger partial charge in [-0.25, -0.2) is 4.79 Å². The van der Waals surface area contributed by atoms with Gasteiger partial charge in [-0.15, -0.1) is 0 Å². The van der Waals surface area contributed by atoms with E-state index in [2.05, 4.69) is 5.16 Å². The standard InChI is InChI=1S/C19H19NO5/c1-13-3-5-15(6-4-13)10-22-19(21)11-25-20-14(2)16-7-8-17-18(9-16)24-12-23-17/h3-9H,10-12H2,1-2H3/b20-14-. The number of oxime groups is 1. The van der Waals surface area contributed by atoms with Crippen LogP contribution in [0.25, 0.3) is 0 Å². The molecule has 0 saturated carbocycles. The maximum absolute atomic E-state index is 11.7. The smallest absolute Gasteiger partial charge is 0.347 e. The normalized spacial score (nSPS) is 12.8. The third-order valence-corrected chi connectivity index (χ3v) is 3.69. The van der Waals surface area contributed by atoms with Gasteiger partial charge in [0.1, 0.15) is 6.61 Å². The summed E-state index contributed by atoms with van der Waals surface area (Å²) < 4.78 is 15.7. The zero-order chi connectivity index (χ0) is 17.6. The Labute approximate surface area is 146 Å².